The fraction of sp³-hybridized carbons (Fsp3) is 0.511. The van der Waals surface area contributed by atoms with Gasteiger partial charge in [0, 0.05) is 53.4 Å². The lowest BCUT2D eigenvalue weighted by Gasteiger charge is -2.42. The van der Waals surface area contributed by atoms with Crippen molar-refractivity contribution in [3.05, 3.63) is 91.0 Å². The number of likely N-dealkylation sites (N-methyl/N-ethyl adjacent to an activating group) is 2. The number of urea groups is 2. The van der Waals surface area contributed by atoms with Crippen molar-refractivity contribution >= 4 is 18.2 Å². The van der Waals surface area contributed by atoms with Crippen molar-refractivity contribution in [2.45, 2.75) is 69.6 Å². The van der Waals surface area contributed by atoms with Crippen molar-refractivity contribution in [1.82, 2.24) is 34.7 Å². The molecule has 15 heteroatoms. The van der Waals surface area contributed by atoms with Crippen molar-refractivity contribution in [3.63, 3.8) is 0 Å². The van der Waals surface area contributed by atoms with Gasteiger partial charge in [-0.15, -0.1) is 0 Å². The largest absolute Gasteiger partial charge is 0.488 e. The number of rotatable bonds is 8. The van der Waals surface area contributed by atoms with Crippen LogP contribution in [0.4, 0.5) is 14.4 Å². The number of carbonyl (C=O) groups excluding carboxylic acids is 3. The molecular formula is C45H60N8O7. The number of amides is 5. The minimum atomic E-state index is -0.512. The van der Waals surface area contributed by atoms with Crippen LogP contribution >= 0.6 is 0 Å². The molecule has 0 bridgehead atoms. The van der Waals surface area contributed by atoms with Gasteiger partial charge in [0.1, 0.15) is 41.2 Å². The van der Waals surface area contributed by atoms with E-state index in [0.717, 1.165) is 49.7 Å². The summed E-state index contributed by atoms with van der Waals surface area (Å²) >= 11 is 0. The SMILES string of the molecule is CN(C(=O)N1CC(Oc2ccccc2)C1)[C@@H]1CCN(C#N)C1.CN(C(=O)N1CC(Oc2ccccc2)C1)[C@@H]1CCN(C(=O)OC(C)(C)C)C1.c1ccc(OC2CNC2)cc1. The zero-order chi connectivity index (χ0) is 42.6. The Hall–Kier alpha value is -5.88. The first kappa shape index (κ1) is 43.7. The van der Waals surface area contributed by atoms with Crippen molar-refractivity contribution in [3.8, 4) is 23.4 Å². The predicted octanol–water partition coefficient (Wildman–Crippen LogP) is 5.20. The van der Waals surface area contributed by atoms with Crippen LogP contribution in [0.3, 0.4) is 0 Å². The van der Waals surface area contributed by atoms with Crippen LogP contribution in [0.25, 0.3) is 0 Å². The molecule has 2 atom stereocenters. The Labute approximate surface area is 354 Å². The summed E-state index contributed by atoms with van der Waals surface area (Å²) in [6.45, 7) is 12.4. The Morgan fingerprint density at radius 3 is 1.42 bits per heavy atom. The smallest absolute Gasteiger partial charge is 0.410 e. The third-order valence-electron chi connectivity index (χ3n) is 10.9. The summed E-state index contributed by atoms with van der Waals surface area (Å²) in [6, 6.07) is 29.4. The van der Waals surface area contributed by atoms with E-state index in [0.29, 0.717) is 51.9 Å². The highest BCUT2D eigenvalue weighted by Crippen LogP contribution is 2.24. The van der Waals surface area contributed by atoms with Crippen LogP contribution in [0, 0.1) is 11.5 Å². The third kappa shape index (κ3) is 12.3. The molecule has 0 saturated carbocycles. The zero-order valence-corrected chi connectivity index (χ0v) is 35.5. The summed E-state index contributed by atoms with van der Waals surface area (Å²) < 4.78 is 22.7. The highest BCUT2D eigenvalue weighted by molar-refractivity contribution is 5.76. The molecule has 5 saturated heterocycles. The topological polar surface area (TPSA) is 143 Å². The minimum absolute atomic E-state index is 0.0131. The summed E-state index contributed by atoms with van der Waals surface area (Å²) in [6.07, 6.45) is 3.93. The van der Waals surface area contributed by atoms with Gasteiger partial charge in [-0.05, 0) is 70.0 Å². The first-order chi connectivity index (χ1) is 28.8. The molecule has 5 amide bonds. The maximum absolute atomic E-state index is 12.7. The zero-order valence-electron chi connectivity index (χ0n) is 35.5. The minimum Gasteiger partial charge on any atom is -0.488 e. The molecule has 322 valence electrons. The molecule has 0 unspecified atom stereocenters. The maximum Gasteiger partial charge on any atom is 0.410 e. The third-order valence-corrected chi connectivity index (χ3v) is 10.9. The van der Waals surface area contributed by atoms with E-state index >= 15 is 0 Å². The van der Waals surface area contributed by atoms with E-state index in [1.54, 1.807) is 36.4 Å². The number of para-hydroxylation sites is 3. The van der Waals surface area contributed by atoms with Gasteiger partial charge in [0.05, 0.1) is 38.3 Å². The van der Waals surface area contributed by atoms with Crippen LogP contribution in [0.1, 0.15) is 33.6 Å². The molecule has 5 aliphatic rings. The second-order valence-corrected chi connectivity index (χ2v) is 16.8. The van der Waals surface area contributed by atoms with Crippen LogP contribution in [-0.4, -0.2) is 163 Å². The molecule has 8 rings (SSSR count). The Morgan fingerprint density at radius 2 is 1.03 bits per heavy atom. The molecule has 3 aromatic rings. The van der Waals surface area contributed by atoms with Crippen LogP contribution in [0.5, 0.6) is 17.2 Å². The summed E-state index contributed by atoms with van der Waals surface area (Å²) in [5.41, 5.74) is -0.512. The normalized spacial score (nSPS) is 20.1. The molecule has 5 heterocycles. The summed E-state index contributed by atoms with van der Waals surface area (Å²) in [7, 11) is 3.62. The molecule has 0 radical (unpaired) electrons. The van der Waals surface area contributed by atoms with Crippen LogP contribution in [0.2, 0.25) is 0 Å². The average Bonchev–Trinajstić information content (AvgIpc) is 3.90. The Balaban J connectivity index is 0.000000163. The number of nitrogens with one attached hydrogen (secondary N) is 1. The first-order valence-corrected chi connectivity index (χ1v) is 20.9. The van der Waals surface area contributed by atoms with Crippen molar-refractivity contribution < 1.29 is 33.3 Å². The highest BCUT2D eigenvalue weighted by atomic mass is 16.6. The number of nitrogens with zero attached hydrogens (tertiary/aromatic N) is 7. The van der Waals surface area contributed by atoms with Crippen LogP contribution in [-0.2, 0) is 4.74 Å². The second-order valence-electron chi connectivity index (χ2n) is 16.8. The number of benzene rings is 3. The lowest BCUT2D eigenvalue weighted by molar-refractivity contribution is 0.0242. The number of nitriles is 1. The number of ether oxygens (including phenoxy) is 4. The Morgan fingerprint density at radius 1 is 0.617 bits per heavy atom. The van der Waals surface area contributed by atoms with Crippen molar-refractivity contribution in [2.24, 2.45) is 0 Å². The van der Waals surface area contributed by atoms with E-state index in [2.05, 4.69) is 11.5 Å². The number of likely N-dealkylation sites (tertiary alicyclic amines) is 4. The fourth-order valence-electron chi connectivity index (χ4n) is 7.22. The van der Waals surface area contributed by atoms with Gasteiger partial charge in [-0.2, -0.15) is 5.26 Å². The van der Waals surface area contributed by atoms with Gasteiger partial charge in [0.2, 0.25) is 0 Å². The summed E-state index contributed by atoms with van der Waals surface area (Å²) in [4.78, 5) is 47.7. The highest BCUT2D eigenvalue weighted by Gasteiger charge is 2.39. The van der Waals surface area contributed by atoms with Gasteiger partial charge in [0.25, 0.3) is 0 Å². The molecule has 60 heavy (non-hydrogen) atoms. The quantitative estimate of drug-likeness (QED) is 0.301. The van der Waals surface area contributed by atoms with Gasteiger partial charge < -0.3 is 53.7 Å². The maximum atomic E-state index is 12.7. The number of carbonyl (C=O) groups is 3. The van der Waals surface area contributed by atoms with E-state index in [-0.39, 0.29) is 42.4 Å². The second kappa shape index (κ2) is 20.4. The Kier molecular flexibility index (Phi) is 14.8. The van der Waals surface area contributed by atoms with E-state index in [1.165, 1.54) is 0 Å². The number of hydrogen-bond acceptors (Lipinski definition) is 10. The first-order valence-electron chi connectivity index (χ1n) is 20.9. The molecule has 15 nitrogen and oxygen atoms in total. The van der Waals surface area contributed by atoms with Gasteiger partial charge in [-0.1, -0.05) is 54.6 Å². The van der Waals surface area contributed by atoms with Crippen LogP contribution < -0.4 is 19.5 Å². The van der Waals surface area contributed by atoms with Crippen molar-refractivity contribution in [1.29, 1.82) is 5.26 Å². The predicted molar refractivity (Wildman–Crippen MR) is 227 cm³/mol. The molecule has 5 fully saturated rings. The van der Waals surface area contributed by atoms with Gasteiger partial charge >= 0.3 is 18.2 Å². The number of hydrogen-bond donors (Lipinski definition) is 1. The van der Waals surface area contributed by atoms with Gasteiger partial charge in [-0.25, -0.2) is 14.4 Å². The monoisotopic (exact) mass is 824 g/mol. The lowest BCUT2D eigenvalue weighted by Crippen LogP contribution is -2.60. The lowest BCUT2D eigenvalue weighted by atomic mass is 10.1. The molecule has 1 N–H and O–H groups in total. The molecule has 5 aliphatic heterocycles. The van der Waals surface area contributed by atoms with Crippen LogP contribution in [0.15, 0.2) is 91.0 Å². The van der Waals surface area contributed by atoms with Crippen molar-refractivity contribution in [2.75, 3.05) is 79.5 Å². The summed E-state index contributed by atoms with van der Waals surface area (Å²) in [5, 5.41) is 12.0. The fourth-order valence-corrected chi connectivity index (χ4v) is 7.22. The molecule has 0 aliphatic carbocycles. The Bertz CT molecular complexity index is 1860. The molecule has 0 aromatic heterocycles. The van der Waals surface area contributed by atoms with E-state index in [1.807, 2.05) is 119 Å². The van der Waals surface area contributed by atoms with E-state index in [4.69, 9.17) is 24.2 Å². The van der Waals surface area contributed by atoms with Gasteiger partial charge in [-0.3, -0.25) is 0 Å². The van der Waals surface area contributed by atoms with Gasteiger partial charge in [0.15, 0.2) is 6.19 Å². The van der Waals surface area contributed by atoms with E-state index < -0.39 is 5.60 Å². The molecule has 3 aromatic carbocycles. The molecule has 0 spiro atoms. The standard InChI is InChI=1S/C20H29N3O4.C16H20N4O2.C9H11NO/c1-20(2,3)27-19(25)22-11-10-15(12-22)21(4)18(24)23-13-17(14-23)26-16-8-6-5-7-9-16;1-18(13-7-8-19(9-13)12-17)16(21)20-10-15(11-20)22-14-5-3-2-4-6-14;1-2-4-8(5-3-1)11-9-6-10-7-9/h5-9,15,17H,10-14H2,1-4H3;2-6,13,15H,7-11H2,1H3;1-5,9-10H,6-7H2/t15-;13-;/m11./s1. The average molecular weight is 825 g/mol. The molecular weight excluding hydrogens is 765 g/mol. The summed E-state index contributed by atoms with van der Waals surface area (Å²) in [5.74, 6) is 2.64. The van der Waals surface area contributed by atoms with E-state index in [9.17, 15) is 14.4 Å².